The number of quaternary nitrogens is 1. The molecule has 2 atom stereocenters. The fourth-order valence-corrected chi connectivity index (χ4v) is 4.20. The van der Waals surface area contributed by atoms with E-state index in [0.29, 0.717) is 18.9 Å². The highest BCUT2D eigenvalue weighted by Gasteiger charge is 2.27. The van der Waals surface area contributed by atoms with Crippen LogP contribution in [0.1, 0.15) is 19.3 Å². The zero-order valence-electron chi connectivity index (χ0n) is 18.7. The van der Waals surface area contributed by atoms with Gasteiger partial charge in [-0.3, -0.25) is 20.2 Å². The number of ether oxygens (including phenoxy) is 2. The van der Waals surface area contributed by atoms with E-state index in [1.807, 2.05) is 0 Å². The highest BCUT2D eigenvalue weighted by atomic mass is 16.6. The van der Waals surface area contributed by atoms with E-state index in [2.05, 4.69) is 0 Å². The van der Waals surface area contributed by atoms with Crippen LogP contribution < -0.4 is 14.4 Å². The molecular formula is C23H30N3O8+. The third-order valence-corrected chi connectivity index (χ3v) is 5.93. The summed E-state index contributed by atoms with van der Waals surface area (Å²) in [6.07, 6.45) is 0.793. The summed E-state index contributed by atoms with van der Waals surface area (Å²) in [6, 6.07) is 12.2. The van der Waals surface area contributed by atoms with Gasteiger partial charge in [0, 0.05) is 12.1 Å². The fourth-order valence-electron chi connectivity index (χ4n) is 4.20. The quantitative estimate of drug-likeness (QED) is 0.307. The number of piperidine rings is 1. The average molecular weight is 477 g/mol. The second kappa shape index (κ2) is 12.3. The zero-order chi connectivity index (χ0) is 24.5. The number of hydrogen-bond acceptors (Lipinski definition) is 8. The van der Waals surface area contributed by atoms with Crippen LogP contribution in [0.3, 0.4) is 0 Å². The van der Waals surface area contributed by atoms with E-state index in [9.17, 15) is 30.4 Å². The summed E-state index contributed by atoms with van der Waals surface area (Å²) in [7, 11) is 0. The van der Waals surface area contributed by atoms with Crippen LogP contribution in [0.5, 0.6) is 11.5 Å². The van der Waals surface area contributed by atoms with E-state index < -0.39 is 22.1 Å². The monoisotopic (exact) mass is 476 g/mol. The van der Waals surface area contributed by atoms with Crippen molar-refractivity contribution in [3.05, 3.63) is 68.8 Å². The average Bonchev–Trinajstić information content (AvgIpc) is 2.83. The molecule has 0 unspecified atom stereocenters. The Hall–Kier alpha value is -3.28. The van der Waals surface area contributed by atoms with Crippen molar-refractivity contribution in [3.63, 3.8) is 0 Å². The maximum atomic E-state index is 11.1. The number of para-hydroxylation sites is 4. The van der Waals surface area contributed by atoms with Gasteiger partial charge in [0.15, 0.2) is 11.5 Å². The molecule has 1 saturated heterocycles. The Morgan fingerprint density at radius 3 is 1.82 bits per heavy atom. The molecule has 1 aliphatic heterocycles. The molecule has 2 aromatic carbocycles. The van der Waals surface area contributed by atoms with E-state index in [1.54, 1.807) is 24.3 Å². The van der Waals surface area contributed by atoms with Crippen LogP contribution in [0.2, 0.25) is 0 Å². The molecule has 0 saturated carbocycles. The first-order valence-corrected chi connectivity index (χ1v) is 11.3. The normalized spacial score (nSPS) is 19.7. The molecule has 184 valence electrons. The summed E-state index contributed by atoms with van der Waals surface area (Å²) >= 11 is 0. The van der Waals surface area contributed by atoms with Crippen molar-refractivity contribution in [1.29, 1.82) is 0 Å². The summed E-state index contributed by atoms with van der Waals surface area (Å²) in [5.74, 6) is 0.577. The lowest BCUT2D eigenvalue weighted by Gasteiger charge is -2.31. The first kappa shape index (κ1) is 25.3. The highest BCUT2D eigenvalue weighted by molar-refractivity contribution is 5.46. The second-order valence-electron chi connectivity index (χ2n) is 8.51. The molecule has 0 spiro atoms. The lowest BCUT2D eigenvalue weighted by atomic mass is 9.91. The number of aliphatic hydroxyl groups excluding tert-OH is 2. The molecule has 3 N–H and O–H groups in total. The Morgan fingerprint density at radius 2 is 1.32 bits per heavy atom. The van der Waals surface area contributed by atoms with Gasteiger partial charge in [-0.1, -0.05) is 24.3 Å². The zero-order valence-corrected chi connectivity index (χ0v) is 18.7. The minimum atomic E-state index is -0.757. The van der Waals surface area contributed by atoms with Crippen LogP contribution in [0.15, 0.2) is 48.5 Å². The minimum Gasteiger partial charge on any atom is -0.484 e. The van der Waals surface area contributed by atoms with Crippen LogP contribution in [0, 0.1) is 26.1 Å². The molecule has 11 heteroatoms. The molecule has 1 fully saturated rings. The van der Waals surface area contributed by atoms with Crippen molar-refractivity contribution in [3.8, 4) is 11.5 Å². The molecule has 0 radical (unpaired) electrons. The Morgan fingerprint density at radius 1 is 0.853 bits per heavy atom. The number of nitro benzene ring substituents is 2. The molecular weight excluding hydrogens is 446 g/mol. The molecule has 0 aromatic heterocycles. The van der Waals surface area contributed by atoms with Gasteiger partial charge in [0.1, 0.15) is 25.9 Å². The van der Waals surface area contributed by atoms with Gasteiger partial charge in [-0.05, 0) is 37.3 Å². The Bertz CT molecular complexity index is 887. The van der Waals surface area contributed by atoms with Gasteiger partial charge in [-0.15, -0.1) is 0 Å². The number of benzene rings is 2. The molecule has 3 rings (SSSR count). The van der Waals surface area contributed by atoms with Gasteiger partial charge in [-0.25, -0.2) is 0 Å². The number of rotatable bonds is 12. The second-order valence-corrected chi connectivity index (χ2v) is 8.51. The van der Waals surface area contributed by atoms with Crippen LogP contribution >= 0.6 is 0 Å². The summed E-state index contributed by atoms with van der Waals surface area (Å²) in [4.78, 5) is 22.3. The van der Waals surface area contributed by atoms with Crippen LogP contribution in [-0.2, 0) is 0 Å². The van der Waals surface area contributed by atoms with Crippen LogP contribution in [-0.4, -0.2) is 65.1 Å². The first-order valence-electron chi connectivity index (χ1n) is 11.3. The smallest absolute Gasteiger partial charge is 0.310 e. The number of nitro groups is 2. The van der Waals surface area contributed by atoms with E-state index >= 15 is 0 Å². The van der Waals surface area contributed by atoms with Gasteiger partial charge < -0.3 is 24.6 Å². The molecule has 11 nitrogen and oxygen atoms in total. The van der Waals surface area contributed by atoms with E-state index in [1.165, 1.54) is 29.2 Å². The first-order chi connectivity index (χ1) is 16.3. The van der Waals surface area contributed by atoms with Crippen LogP contribution in [0.4, 0.5) is 11.4 Å². The maximum absolute atomic E-state index is 11.1. The van der Waals surface area contributed by atoms with Crippen molar-refractivity contribution in [2.75, 3.05) is 32.8 Å². The third kappa shape index (κ3) is 7.37. The third-order valence-electron chi connectivity index (χ3n) is 5.93. The number of nitrogens with one attached hydrogen (secondary N) is 1. The SMILES string of the molecule is O=[N+]([O-])c1ccccc1OC[C@@H](O)CC1CC[NH+](C[C@@H](O)COc2ccccc2[N+](=O)[O-])CC1. The fraction of sp³-hybridized carbons (Fsp3) is 0.478. The van der Waals surface area contributed by atoms with Crippen molar-refractivity contribution in [2.24, 2.45) is 5.92 Å². The topological polar surface area (TPSA) is 150 Å². The Labute approximate surface area is 196 Å². The Balaban J connectivity index is 1.36. The summed E-state index contributed by atoms with van der Waals surface area (Å²) < 4.78 is 10.9. The van der Waals surface area contributed by atoms with Crippen molar-refractivity contribution < 1.29 is 34.4 Å². The van der Waals surface area contributed by atoms with Gasteiger partial charge in [-0.2, -0.15) is 0 Å². The van der Waals surface area contributed by atoms with Gasteiger partial charge in [0.05, 0.1) is 29.0 Å². The summed E-state index contributed by atoms with van der Waals surface area (Å²) in [6.45, 7) is 2.08. The molecule has 2 aromatic rings. The largest absolute Gasteiger partial charge is 0.484 e. The molecule has 1 aliphatic rings. The standard InChI is InChI=1S/C23H29N3O8/c27-18(15-33-22-7-3-1-5-20(22)25(29)30)13-17-9-11-24(12-10-17)14-19(28)16-34-23-8-4-2-6-21(23)26(31)32/h1-8,17-19,27-28H,9-16H2/p+1/t18-,19+/m0/s1. The molecule has 0 aliphatic carbocycles. The van der Waals surface area contributed by atoms with Crippen molar-refractivity contribution in [1.82, 2.24) is 0 Å². The lowest BCUT2D eigenvalue weighted by molar-refractivity contribution is -0.909. The van der Waals surface area contributed by atoms with Crippen LogP contribution in [0.25, 0.3) is 0 Å². The summed E-state index contributed by atoms with van der Waals surface area (Å²) in [5.41, 5.74) is -0.261. The number of aliphatic hydroxyl groups is 2. The van der Waals surface area contributed by atoms with E-state index in [4.69, 9.17) is 9.47 Å². The van der Waals surface area contributed by atoms with Gasteiger partial charge in [0.25, 0.3) is 0 Å². The minimum absolute atomic E-state index is 0.0143. The number of hydrogen-bond donors (Lipinski definition) is 3. The predicted molar refractivity (Wildman–Crippen MR) is 122 cm³/mol. The molecule has 0 bridgehead atoms. The predicted octanol–water partition coefficient (Wildman–Crippen LogP) is 1.37. The highest BCUT2D eigenvalue weighted by Crippen LogP contribution is 2.27. The number of likely N-dealkylation sites (tertiary alicyclic amines) is 1. The molecule has 1 heterocycles. The maximum Gasteiger partial charge on any atom is 0.310 e. The lowest BCUT2D eigenvalue weighted by Crippen LogP contribution is -3.14. The van der Waals surface area contributed by atoms with Gasteiger partial charge >= 0.3 is 11.4 Å². The number of nitrogens with zero attached hydrogens (tertiary/aromatic N) is 2. The Kier molecular flexibility index (Phi) is 9.14. The van der Waals surface area contributed by atoms with Crippen molar-refractivity contribution in [2.45, 2.75) is 31.5 Å². The van der Waals surface area contributed by atoms with Gasteiger partial charge in [0.2, 0.25) is 0 Å². The molecule has 0 amide bonds. The van der Waals surface area contributed by atoms with E-state index in [-0.39, 0.29) is 36.1 Å². The summed E-state index contributed by atoms with van der Waals surface area (Å²) in [5, 5.41) is 42.8. The van der Waals surface area contributed by atoms with E-state index in [0.717, 1.165) is 25.9 Å². The van der Waals surface area contributed by atoms with Crippen molar-refractivity contribution >= 4 is 11.4 Å². The molecule has 34 heavy (non-hydrogen) atoms.